The molecule has 0 bridgehead atoms. The lowest BCUT2D eigenvalue weighted by molar-refractivity contribution is -0.143. The summed E-state index contributed by atoms with van der Waals surface area (Å²) < 4.78 is 5.19. The second-order valence-corrected chi connectivity index (χ2v) is 8.10. The zero-order valence-corrected chi connectivity index (χ0v) is 18.1. The average molecular weight is 408 g/mol. The van der Waals surface area contributed by atoms with Gasteiger partial charge in [0.25, 0.3) is 0 Å². The lowest BCUT2D eigenvalue weighted by Crippen LogP contribution is -2.53. The first-order valence-electron chi connectivity index (χ1n) is 9.72. The highest BCUT2D eigenvalue weighted by molar-refractivity contribution is 5.92. The third-order valence-corrected chi connectivity index (χ3v) is 3.83. The number of hydrogen-bond acceptors (Lipinski definition) is 5. The SMILES string of the molecule is CC(C)NC(=O)C(c1ccccc1)N(CCO)C(=O)C(C)NC(=O)OC(C)(C)C. The summed E-state index contributed by atoms with van der Waals surface area (Å²) in [7, 11) is 0. The molecule has 0 aliphatic rings. The zero-order chi connectivity index (χ0) is 22.2. The van der Waals surface area contributed by atoms with E-state index < -0.39 is 29.7 Å². The number of amides is 3. The van der Waals surface area contributed by atoms with E-state index in [1.165, 1.54) is 11.8 Å². The molecule has 2 atom stereocenters. The number of carbonyl (C=O) groups excluding carboxylic acids is 3. The van der Waals surface area contributed by atoms with Crippen LogP contribution in [0.5, 0.6) is 0 Å². The van der Waals surface area contributed by atoms with Gasteiger partial charge in [-0.3, -0.25) is 9.59 Å². The Hall–Kier alpha value is -2.61. The van der Waals surface area contributed by atoms with Crippen molar-refractivity contribution in [3.63, 3.8) is 0 Å². The Bertz CT molecular complexity index is 685. The minimum atomic E-state index is -0.950. The van der Waals surface area contributed by atoms with Gasteiger partial charge in [0.05, 0.1) is 6.61 Å². The van der Waals surface area contributed by atoms with Gasteiger partial charge in [0.2, 0.25) is 11.8 Å². The maximum Gasteiger partial charge on any atom is 0.408 e. The smallest absolute Gasteiger partial charge is 0.408 e. The van der Waals surface area contributed by atoms with E-state index in [9.17, 15) is 19.5 Å². The lowest BCUT2D eigenvalue weighted by Gasteiger charge is -2.33. The molecule has 0 saturated heterocycles. The van der Waals surface area contributed by atoms with Gasteiger partial charge in [0.1, 0.15) is 17.7 Å². The molecule has 2 unspecified atom stereocenters. The van der Waals surface area contributed by atoms with Gasteiger partial charge in [0.15, 0.2) is 0 Å². The maximum atomic E-state index is 13.1. The molecular weight excluding hydrogens is 374 g/mol. The van der Waals surface area contributed by atoms with E-state index in [-0.39, 0.29) is 25.1 Å². The summed E-state index contributed by atoms with van der Waals surface area (Å²) in [6.07, 6.45) is -0.731. The summed E-state index contributed by atoms with van der Waals surface area (Å²) in [6.45, 7) is 9.93. The quantitative estimate of drug-likeness (QED) is 0.611. The molecule has 3 N–H and O–H groups in total. The summed E-state index contributed by atoms with van der Waals surface area (Å²) in [5, 5.41) is 14.8. The standard InChI is InChI=1S/C21H33N3O5/c1-14(2)22-18(26)17(16-10-8-7-9-11-16)24(12-13-25)19(27)15(3)23-20(28)29-21(4,5)6/h7-11,14-15,17,25H,12-13H2,1-6H3,(H,22,26)(H,23,28). The molecule has 8 heteroatoms. The van der Waals surface area contributed by atoms with E-state index in [2.05, 4.69) is 10.6 Å². The zero-order valence-electron chi connectivity index (χ0n) is 18.1. The first-order chi connectivity index (χ1) is 13.5. The van der Waals surface area contributed by atoms with Crippen LogP contribution in [0.4, 0.5) is 4.79 Å². The maximum absolute atomic E-state index is 13.1. The second kappa shape index (κ2) is 10.8. The van der Waals surface area contributed by atoms with Crippen LogP contribution in [0.1, 0.15) is 53.1 Å². The number of benzene rings is 1. The highest BCUT2D eigenvalue weighted by Crippen LogP contribution is 2.22. The molecule has 1 aromatic carbocycles. The first kappa shape index (κ1) is 24.4. The predicted molar refractivity (Wildman–Crippen MR) is 110 cm³/mol. The van der Waals surface area contributed by atoms with Crippen molar-refractivity contribution in [1.29, 1.82) is 0 Å². The van der Waals surface area contributed by atoms with E-state index in [0.717, 1.165) is 0 Å². The topological polar surface area (TPSA) is 108 Å². The van der Waals surface area contributed by atoms with Crippen LogP contribution >= 0.6 is 0 Å². The summed E-state index contributed by atoms with van der Waals surface area (Å²) in [5.41, 5.74) is -0.0987. The molecule has 0 saturated carbocycles. The van der Waals surface area contributed by atoms with Crippen LogP contribution in [0.25, 0.3) is 0 Å². The molecule has 0 aromatic heterocycles. The van der Waals surface area contributed by atoms with Gasteiger partial charge < -0.3 is 25.4 Å². The minimum absolute atomic E-state index is 0.0652. The third-order valence-electron chi connectivity index (χ3n) is 3.83. The highest BCUT2D eigenvalue weighted by Gasteiger charge is 2.34. The Morgan fingerprint density at radius 1 is 1.07 bits per heavy atom. The monoisotopic (exact) mass is 407 g/mol. The van der Waals surface area contributed by atoms with E-state index in [1.54, 1.807) is 45.0 Å². The summed E-state index contributed by atoms with van der Waals surface area (Å²) >= 11 is 0. The molecule has 1 aromatic rings. The van der Waals surface area contributed by atoms with E-state index >= 15 is 0 Å². The number of rotatable bonds is 8. The van der Waals surface area contributed by atoms with Crippen molar-refractivity contribution in [2.24, 2.45) is 0 Å². The molecule has 0 heterocycles. The van der Waals surface area contributed by atoms with Gasteiger partial charge in [-0.1, -0.05) is 30.3 Å². The number of aliphatic hydroxyl groups is 1. The van der Waals surface area contributed by atoms with Crippen molar-refractivity contribution < 1.29 is 24.2 Å². The lowest BCUT2D eigenvalue weighted by atomic mass is 10.0. The van der Waals surface area contributed by atoms with Gasteiger partial charge in [-0.15, -0.1) is 0 Å². The van der Waals surface area contributed by atoms with Crippen LogP contribution in [0.2, 0.25) is 0 Å². The molecule has 0 aliphatic heterocycles. The molecule has 29 heavy (non-hydrogen) atoms. The number of nitrogens with zero attached hydrogens (tertiary/aromatic N) is 1. The van der Waals surface area contributed by atoms with Crippen molar-refractivity contribution in [3.8, 4) is 0 Å². The largest absolute Gasteiger partial charge is 0.444 e. The molecule has 0 radical (unpaired) electrons. The van der Waals surface area contributed by atoms with Crippen molar-refractivity contribution in [1.82, 2.24) is 15.5 Å². The van der Waals surface area contributed by atoms with Gasteiger partial charge in [-0.05, 0) is 47.1 Å². The molecule has 0 spiro atoms. The van der Waals surface area contributed by atoms with Crippen molar-refractivity contribution in [2.45, 2.75) is 65.3 Å². The molecule has 0 fully saturated rings. The number of carbonyl (C=O) groups is 3. The normalized spacial score (nSPS) is 13.4. The molecule has 162 valence electrons. The van der Waals surface area contributed by atoms with E-state index in [4.69, 9.17) is 4.74 Å². The predicted octanol–water partition coefficient (Wildman–Crippen LogP) is 1.99. The molecule has 1 rings (SSSR count). The fourth-order valence-electron chi connectivity index (χ4n) is 2.74. The van der Waals surface area contributed by atoms with E-state index in [1.807, 2.05) is 19.9 Å². The Balaban J connectivity index is 3.14. The number of ether oxygens (including phenoxy) is 1. The Morgan fingerprint density at radius 3 is 2.14 bits per heavy atom. The van der Waals surface area contributed by atoms with Crippen molar-refractivity contribution >= 4 is 17.9 Å². The Morgan fingerprint density at radius 2 is 1.66 bits per heavy atom. The molecule has 8 nitrogen and oxygen atoms in total. The van der Waals surface area contributed by atoms with Gasteiger partial charge in [-0.25, -0.2) is 4.79 Å². The third kappa shape index (κ3) is 8.11. The van der Waals surface area contributed by atoms with Gasteiger partial charge in [0, 0.05) is 12.6 Å². The highest BCUT2D eigenvalue weighted by atomic mass is 16.6. The number of hydrogen-bond donors (Lipinski definition) is 3. The van der Waals surface area contributed by atoms with Gasteiger partial charge in [-0.2, -0.15) is 0 Å². The minimum Gasteiger partial charge on any atom is -0.444 e. The summed E-state index contributed by atoms with van der Waals surface area (Å²) in [4.78, 5) is 39.3. The van der Waals surface area contributed by atoms with E-state index in [0.29, 0.717) is 5.56 Å². The number of nitrogens with one attached hydrogen (secondary N) is 2. The van der Waals surface area contributed by atoms with Crippen LogP contribution in [0.3, 0.4) is 0 Å². The van der Waals surface area contributed by atoms with Crippen LogP contribution in [0, 0.1) is 0 Å². The first-order valence-corrected chi connectivity index (χ1v) is 9.72. The second-order valence-electron chi connectivity index (χ2n) is 8.10. The fraction of sp³-hybridized carbons (Fsp3) is 0.571. The molecule has 3 amide bonds. The average Bonchev–Trinajstić information content (AvgIpc) is 2.59. The summed E-state index contributed by atoms with van der Waals surface area (Å²) in [6, 6.07) is 6.82. The van der Waals surface area contributed by atoms with Gasteiger partial charge >= 0.3 is 6.09 Å². The fourth-order valence-corrected chi connectivity index (χ4v) is 2.74. The number of aliphatic hydroxyl groups excluding tert-OH is 1. The van der Waals surface area contributed by atoms with Crippen LogP contribution in [-0.2, 0) is 14.3 Å². The molecule has 0 aliphatic carbocycles. The van der Waals surface area contributed by atoms with Crippen LogP contribution in [0.15, 0.2) is 30.3 Å². The van der Waals surface area contributed by atoms with Crippen LogP contribution < -0.4 is 10.6 Å². The number of alkyl carbamates (subject to hydrolysis) is 1. The molecular formula is C21H33N3O5. The van der Waals surface area contributed by atoms with Crippen molar-refractivity contribution in [2.75, 3.05) is 13.2 Å². The van der Waals surface area contributed by atoms with Crippen molar-refractivity contribution in [3.05, 3.63) is 35.9 Å². The summed E-state index contributed by atoms with van der Waals surface area (Å²) in [5.74, 6) is -0.866. The Labute approximate surface area is 172 Å². The Kier molecular flexibility index (Phi) is 9.10. The van der Waals surface area contributed by atoms with Crippen LogP contribution in [-0.4, -0.2) is 58.8 Å².